The van der Waals surface area contributed by atoms with Crippen molar-refractivity contribution in [2.75, 3.05) is 26.2 Å². The van der Waals surface area contributed by atoms with E-state index in [2.05, 4.69) is 5.32 Å². The normalized spacial score (nSPS) is 22.0. The van der Waals surface area contributed by atoms with Gasteiger partial charge >= 0.3 is 0 Å². The third-order valence-electron chi connectivity index (χ3n) is 2.50. The monoisotopic (exact) mass is 184 g/mol. The van der Waals surface area contributed by atoms with Gasteiger partial charge in [-0.2, -0.15) is 0 Å². The molecule has 0 aliphatic carbocycles. The molecular weight excluding hydrogens is 164 g/mol. The van der Waals surface area contributed by atoms with Gasteiger partial charge in [-0.05, 0) is 45.2 Å². The fourth-order valence-corrected chi connectivity index (χ4v) is 1.65. The molecule has 0 spiro atoms. The quantitative estimate of drug-likeness (QED) is 0.617. The Morgan fingerprint density at radius 1 is 0.923 bits per heavy atom. The highest BCUT2D eigenvalue weighted by atomic mass is 16.1. The molecule has 0 bridgehead atoms. The summed E-state index contributed by atoms with van der Waals surface area (Å²) in [7, 11) is 0. The fraction of sp³-hybridized carbons (Fsp3) is 0.900. The lowest BCUT2D eigenvalue weighted by molar-refractivity contribution is -0.118. The van der Waals surface area contributed by atoms with Gasteiger partial charge in [-0.15, -0.1) is 0 Å². The van der Waals surface area contributed by atoms with Crippen molar-refractivity contribution in [3.8, 4) is 0 Å². The van der Waals surface area contributed by atoms with Gasteiger partial charge in [0, 0.05) is 13.1 Å². The first-order valence-electron chi connectivity index (χ1n) is 5.33. The summed E-state index contributed by atoms with van der Waals surface area (Å²) in [6, 6.07) is 0. The maximum absolute atomic E-state index is 10.1. The number of nitrogens with zero attached hydrogens (tertiary/aromatic N) is 1. The molecule has 3 heteroatoms. The topological polar surface area (TPSA) is 32.3 Å². The van der Waals surface area contributed by atoms with Gasteiger partial charge in [0.05, 0.1) is 0 Å². The maximum Gasteiger partial charge on any atom is 0.209 e. The summed E-state index contributed by atoms with van der Waals surface area (Å²) >= 11 is 0. The molecule has 2 aliphatic rings. The van der Waals surface area contributed by atoms with Crippen LogP contribution in [0.25, 0.3) is 0 Å². The SMILES string of the molecule is C1CCNC1.O=CN1CCCCC1. The van der Waals surface area contributed by atoms with E-state index in [0.717, 1.165) is 19.5 Å². The number of carbonyl (C=O) groups is 1. The number of rotatable bonds is 1. The third kappa shape index (κ3) is 4.88. The minimum Gasteiger partial charge on any atom is -0.345 e. The third-order valence-corrected chi connectivity index (χ3v) is 2.50. The van der Waals surface area contributed by atoms with Gasteiger partial charge in [-0.25, -0.2) is 0 Å². The molecule has 1 amide bonds. The lowest BCUT2D eigenvalue weighted by Crippen LogP contribution is -2.27. The molecule has 2 aliphatic heterocycles. The summed E-state index contributed by atoms with van der Waals surface area (Å²) in [5.41, 5.74) is 0. The largest absolute Gasteiger partial charge is 0.345 e. The maximum atomic E-state index is 10.1. The molecule has 76 valence electrons. The van der Waals surface area contributed by atoms with Gasteiger partial charge in [-0.1, -0.05) is 0 Å². The van der Waals surface area contributed by atoms with E-state index in [-0.39, 0.29) is 0 Å². The molecule has 0 aromatic rings. The molecule has 1 N–H and O–H groups in total. The number of hydrogen-bond acceptors (Lipinski definition) is 2. The van der Waals surface area contributed by atoms with Gasteiger partial charge in [0.25, 0.3) is 0 Å². The number of hydrogen-bond donors (Lipinski definition) is 1. The van der Waals surface area contributed by atoms with Crippen molar-refractivity contribution in [3.63, 3.8) is 0 Å². The molecule has 2 rings (SSSR count). The smallest absolute Gasteiger partial charge is 0.209 e. The average Bonchev–Trinajstić information content (AvgIpc) is 2.77. The van der Waals surface area contributed by atoms with Crippen LogP contribution in [0.1, 0.15) is 32.1 Å². The molecule has 2 saturated heterocycles. The molecule has 13 heavy (non-hydrogen) atoms. The predicted octanol–water partition coefficient (Wildman–Crippen LogP) is 0.998. The van der Waals surface area contributed by atoms with Crippen molar-refractivity contribution in [1.82, 2.24) is 10.2 Å². The van der Waals surface area contributed by atoms with E-state index in [1.807, 2.05) is 4.90 Å². The fourth-order valence-electron chi connectivity index (χ4n) is 1.65. The Balaban J connectivity index is 0.000000145. The molecule has 3 nitrogen and oxygen atoms in total. The Morgan fingerprint density at radius 3 is 1.85 bits per heavy atom. The summed E-state index contributed by atoms with van der Waals surface area (Å²) in [6.45, 7) is 4.45. The Hall–Kier alpha value is -0.570. The van der Waals surface area contributed by atoms with Crippen LogP contribution in [0.15, 0.2) is 0 Å². The van der Waals surface area contributed by atoms with Crippen molar-refractivity contribution in [1.29, 1.82) is 0 Å². The zero-order chi connectivity index (χ0) is 9.36. The van der Waals surface area contributed by atoms with E-state index >= 15 is 0 Å². The Bertz CT molecular complexity index is 121. The first-order chi connectivity index (χ1) is 6.43. The highest BCUT2D eigenvalue weighted by Gasteiger charge is 2.05. The molecular formula is C10H20N2O. The first-order valence-corrected chi connectivity index (χ1v) is 5.33. The summed E-state index contributed by atoms with van der Waals surface area (Å²) in [5.74, 6) is 0. The van der Waals surface area contributed by atoms with Crippen LogP contribution in [0.5, 0.6) is 0 Å². The summed E-state index contributed by atoms with van der Waals surface area (Å²) < 4.78 is 0. The van der Waals surface area contributed by atoms with E-state index < -0.39 is 0 Å². The lowest BCUT2D eigenvalue weighted by atomic mass is 10.1. The molecule has 0 aromatic carbocycles. The van der Waals surface area contributed by atoms with E-state index in [1.165, 1.54) is 45.2 Å². The van der Waals surface area contributed by atoms with Gasteiger partial charge in [0.2, 0.25) is 6.41 Å². The number of carbonyl (C=O) groups excluding carboxylic acids is 1. The van der Waals surface area contributed by atoms with E-state index in [4.69, 9.17) is 0 Å². The van der Waals surface area contributed by atoms with Crippen LogP contribution in [0.4, 0.5) is 0 Å². The average molecular weight is 184 g/mol. The second kappa shape index (κ2) is 6.89. The summed E-state index contributed by atoms with van der Waals surface area (Å²) in [4.78, 5) is 11.9. The van der Waals surface area contributed by atoms with Crippen molar-refractivity contribution in [2.45, 2.75) is 32.1 Å². The highest BCUT2D eigenvalue weighted by Crippen LogP contribution is 2.05. The van der Waals surface area contributed by atoms with E-state index in [1.54, 1.807) is 0 Å². The van der Waals surface area contributed by atoms with Crippen LogP contribution in [-0.2, 0) is 4.79 Å². The first kappa shape index (κ1) is 10.5. The number of likely N-dealkylation sites (tertiary alicyclic amines) is 1. The second-order valence-electron chi connectivity index (χ2n) is 3.66. The van der Waals surface area contributed by atoms with Crippen LogP contribution in [0.2, 0.25) is 0 Å². The van der Waals surface area contributed by atoms with Crippen LogP contribution in [0.3, 0.4) is 0 Å². The molecule has 0 aromatic heterocycles. The van der Waals surface area contributed by atoms with E-state index in [9.17, 15) is 4.79 Å². The summed E-state index contributed by atoms with van der Waals surface area (Å²) in [5, 5.41) is 3.22. The Kier molecular flexibility index (Phi) is 5.57. The molecule has 2 heterocycles. The van der Waals surface area contributed by atoms with Crippen molar-refractivity contribution < 1.29 is 4.79 Å². The number of nitrogens with one attached hydrogen (secondary N) is 1. The zero-order valence-electron chi connectivity index (χ0n) is 8.30. The van der Waals surface area contributed by atoms with Crippen molar-refractivity contribution in [2.24, 2.45) is 0 Å². The highest BCUT2D eigenvalue weighted by molar-refractivity contribution is 5.46. The molecule has 0 unspecified atom stereocenters. The molecule has 0 atom stereocenters. The lowest BCUT2D eigenvalue weighted by Gasteiger charge is -2.21. The molecule has 0 saturated carbocycles. The van der Waals surface area contributed by atoms with Crippen molar-refractivity contribution in [3.05, 3.63) is 0 Å². The van der Waals surface area contributed by atoms with Crippen molar-refractivity contribution >= 4 is 6.41 Å². The Morgan fingerprint density at radius 2 is 1.54 bits per heavy atom. The minimum atomic E-state index is 0.944. The minimum absolute atomic E-state index is 0.944. The van der Waals surface area contributed by atoms with Gasteiger partial charge in [0.15, 0.2) is 0 Å². The van der Waals surface area contributed by atoms with Gasteiger partial charge in [-0.3, -0.25) is 4.79 Å². The number of piperidine rings is 1. The standard InChI is InChI=1S/C6H11NO.C4H9N/c8-6-7-4-2-1-3-5-7;1-2-4-5-3-1/h6H,1-5H2;5H,1-4H2. The van der Waals surface area contributed by atoms with Crippen LogP contribution in [-0.4, -0.2) is 37.5 Å². The zero-order valence-corrected chi connectivity index (χ0v) is 8.30. The number of amides is 1. The van der Waals surface area contributed by atoms with Gasteiger partial charge in [0.1, 0.15) is 0 Å². The second-order valence-corrected chi connectivity index (χ2v) is 3.66. The van der Waals surface area contributed by atoms with Crippen LogP contribution >= 0.6 is 0 Å². The van der Waals surface area contributed by atoms with Crippen LogP contribution < -0.4 is 5.32 Å². The van der Waals surface area contributed by atoms with E-state index in [0.29, 0.717) is 0 Å². The predicted molar refractivity (Wildman–Crippen MR) is 53.6 cm³/mol. The molecule has 2 fully saturated rings. The van der Waals surface area contributed by atoms with Crippen LogP contribution in [0, 0.1) is 0 Å². The Labute approximate surface area is 80.5 Å². The summed E-state index contributed by atoms with van der Waals surface area (Å²) in [6.07, 6.45) is 7.40. The van der Waals surface area contributed by atoms with Gasteiger partial charge < -0.3 is 10.2 Å². The molecule has 0 radical (unpaired) electrons.